The maximum atomic E-state index is 4.77. The molecular weight excluding hydrogens is 282 g/mol. The van der Waals surface area contributed by atoms with Crippen molar-refractivity contribution in [3.8, 4) is 0 Å². The van der Waals surface area contributed by atoms with Gasteiger partial charge in [0.2, 0.25) is 0 Å². The number of aryl methyl sites for hydroxylation is 2. The van der Waals surface area contributed by atoms with Crippen molar-refractivity contribution in [1.29, 1.82) is 0 Å². The maximum Gasteiger partial charge on any atom is 0.129 e. The van der Waals surface area contributed by atoms with Gasteiger partial charge in [0.25, 0.3) is 0 Å². The number of fused-ring (bicyclic) bond motifs is 1. The van der Waals surface area contributed by atoms with Crippen LogP contribution in [0.1, 0.15) is 49.8 Å². The number of halogens is 1. The summed E-state index contributed by atoms with van der Waals surface area (Å²) in [4.78, 5) is 4.77. The average molecular weight is 310 g/mol. The number of nitrogens with one attached hydrogen (secondary N) is 2. The van der Waals surface area contributed by atoms with Crippen LogP contribution in [-0.2, 0) is 12.8 Å². The summed E-state index contributed by atoms with van der Waals surface area (Å²) in [5.74, 6) is 2.09. The van der Waals surface area contributed by atoms with Crippen molar-refractivity contribution < 1.29 is 0 Å². The molecule has 0 radical (unpaired) electrons. The molecule has 0 unspecified atom stereocenters. The lowest BCUT2D eigenvalue weighted by molar-refractivity contribution is 0.490. The number of rotatable bonds is 6. The van der Waals surface area contributed by atoms with Crippen LogP contribution in [0.3, 0.4) is 0 Å². The van der Waals surface area contributed by atoms with Gasteiger partial charge in [-0.1, -0.05) is 18.9 Å². The highest BCUT2D eigenvalue weighted by molar-refractivity contribution is 5.85. The van der Waals surface area contributed by atoms with Crippen molar-refractivity contribution in [3.05, 3.63) is 23.4 Å². The second-order valence-corrected chi connectivity index (χ2v) is 6.30. The largest absolute Gasteiger partial charge is 0.370 e. The minimum absolute atomic E-state index is 0. The highest BCUT2D eigenvalue weighted by atomic mass is 35.5. The standard InChI is InChI=1S/C17H27N3.ClH/c1(2-5-14-10-12-18-13-14)3-7-16-9-8-15-6-4-11-19-17(15)20-16;/h8-9,14,18H,1-7,10-13H2,(H,19,20);1H/t14-;/m1./s1. The quantitative estimate of drug-likeness (QED) is 0.789. The van der Waals surface area contributed by atoms with Gasteiger partial charge in [-0.05, 0) is 69.2 Å². The van der Waals surface area contributed by atoms with E-state index in [1.807, 2.05) is 0 Å². The minimum Gasteiger partial charge on any atom is -0.370 e. The van der Waals surface area contributed by atoms with Crippen LogP contribution in [0.4, 0.5) is 5.82 Å². The van der Waals surface area contributed by atoms with Gasteiger partial charge in [0.15, 0.2) is 0 Å². The van der Waals surface area contributed by atoms with Crippen molar-refractivity contribution in [2.75, 3.05) is 25.0 Å². The van der Waals surface area contributed by atoms with Crippen molar-refractivity contribution in [2.24, 2.45) is 5.92 Å². The molecule has 4 heteroatoms. The lowest BCUT2D eigenvalue weighted by atomic mass is 9.99. The molecule has 3 heterocycles. The summed E-state index contributed by atoms with van der Waals surface area (Å²) in [5, 5.41) is 6.87. The van der Waals surface area contributed by atoms with E-state index in [0.717, 1.165) is 24.7 Å². The molecule has 1 saturated heterocycles. The van der Waals surface area contributed by atoms with E-state index >= 15 is 0 Å². The van der Waals surface area contributed by atoms with E-state index < -0.39 is 0 Å². The molecule has 2 aliphatic heterocycles. The van der Waals surface area contributed by atoms with Crippen LogP contribution in [0.5, 0.6) is 0 Å². The zero-order valence-corrected chi connectivity index (χ0v) is 13.7. The fraction of sp³-hybridized carbons (Fsp3) is 0.706. The van der Waals surface area contributed by atoms with E-state index in [2.05, 4.69) is 22.8 Å². The van der Waals surface area contributed by atoms with Gasteiger partial charge in [0, 0.05) is 12.2 Å². The molecule has 3 rings (SSSR count). The summed E-state index contributed by atoms with van der Waals surface area (Å²) in [5.41, 5.74) is 2.66. The van der Waals surface area contributed by atoms with Gasteiger partial charge in [-0.15, -0.1) is 12.4 Å². The Bertz CT molecular complexity index is 430. The minimum atomic E-state index is 0. The number of nitrogens with zero attached hydrogens (tertiary/aromatic N) is 1. The molecule has 0 amide bonds. The van der Waals surface area contributed by atoms with Gasteiger partial charge in [-0.2, -0.15) is 0 Å². The summed E-state index contributed by atoms with van der Waals surface area (Å²) in [6.07, 6.45) is 10.4. The lowest BCUT2D eigenvalue weighted by Gasteiger charge is -2.17. The maximum absolute atomic E-state index is 4.77. The van der Waals surface area contributed by atoms with Crippen LogP contribution in [0.25, 0.3) is 0 Å². The number of hydrogen-bond donors (Lipinski definition) is 2. The van der Waals surface area contributed by atoms with Gasteiger partial charge in [-0.25, -0.2) is 4.98 Å². The van der Waals surface area contributed by atoms with E-state index in [1.54, 1.807) is 0 Å². The van der Waals surface area contributed by atoms with Crippen LogP contribution in [0, 0.1) is 5.92 Å². The first kappa shape index (κ1) is 16.6. The van der Waals surface area contributed by atoms with Gasteiger partial charge in [0.05, 0.1) is 0 Å². The molecule has 1 fully saturated rings. The number of anilines is 1. The molecule has 1 atom stereocenters. The van der Waals surface area contributed by atoms with Crippen molar-refractivity contribution in [1.82, 2.24) is 10.3 Å². The molecule has 118 valence electrons. The predicted octanol–water partition coefficient (Wildman–Crippen LogP) is 3.57. The summed E-state index contributed by atoms with van der Waals surface area (Å²) in [6, 6.07) is 4.50. The van der Waals surface area contributed by atoms with Crippen molar-refractivity contribution >= 4 is 18.2 Å². The lowest BCUT2D eigenvalue weighted by Crippen LogP contribution is -2.14. The normalized spacial score (nSPS) is 20.5. The first-order valence-corrected chi connectivity index (χ1v) is 8.35. The Morgan fingerprint density at radius 1 is 1.14 bits per heavy atom. The monoisotopic (exact) mass is 309 g/mol. The zero-order chi connectivity index (χ0) is 13.6. The third kappa shape index (κ3) is 4.86. The number of pyridine rings is 1. The second-order valence-electron chi connectivity index (χ2n) is 6.30. The van der Waals surface area contributed by atoms with Crippen molar-refractivity contribution in [2.45, 2.75) is 51.4 Å². The molecule has 21 heavy (non-hydrogen) atoms. The van der Waals surface area contributed by atoms with Crippen molar-refractivity contribution in [3.63, 3.8) is 0 Å². The Kier molecular flexibility index (Phi) is 6.78. The Morgan fingerprint density at radius 2 is 2.10 bits per heavy atom. The summed E-state index contributed by atoms with van der Waals surface area (Å²) >= 11 is 0. The molecule has 1 aromatic rings. The number of aromatic nitrogens is 1. The van der Waals surface area contributed by atoms with Gasteiger partial charge in [0.1, 0.15) is 5.82 Å². The highest BCUT2D eigenvalue weighted by Crippen LogP contribution is 2.21. The van der Waals surface area contributed by atoms with Gasteiger partial charge < -0.3 is 10.6 Å². The van der Waals surface area contributed by atoms with Gasteiger partial charge >= 0.3 is 0 Å². The fourth-order valence-corrected chi connectivity index (χ4v) is 3.38. The SMILES string of the molecule is Cl.c1cc2c(nc1CCCCC[C@@H]1CCNC1)NCCC2. The number of unbranched alkanes of at least 4 members (excludes halogenated alkanes) is 2. The molecule has 1 aromatic heterocycles. The summed E-state index contributed by atoms with van der Waals surface area (Å²) < 4.78 is 0. The molecule has 2 aliphatic rings. The Morgan fingerprint density at radius 3 is 2.95 bits per heavy atom. The highest BCUT2D eigenvalue weighted by Gasteiger charge is 2.13. The molecule has 0 aromatic carbocycles. The van der Waals surface area contributed by atoms with Crippen LogP contribution in [-0.4, -0.2) is 24.6 Å². The molecule has 0 aliphatic carbocycles. The molecule has 0 saturated carbocycles. The Balaban J connectivity index is 0.00000161. The molecular formula is C17H28ClN3. The van der Waals surface area contributed by atoms with Gasteiger partial charge in [-0.3, -0.25) is 0 Å². The van der Waals surface area contributed by atoms with Crippen LogP contribution in [0.15, 0.2) is 12.1 Å². The Labute approximate surface area is 134 Å². The third-order valence-corrected chi connectivity index (χ3v) is 4.66. The smallest absolute Gasteiger partial charge is 0.129 e. The first-order valence-electron chi connectivity index (χ1n) is 8.35. The third-order valence-electron chi connectivity index (χ3n) is 4.66. The molecule has 0 bridgehead atoms. The number of hydrogen-bond acceptors (Lipinski definition) is 3. The molecule has 2 N–H and O–H groups in total. The van der Waals surface area contributed by atoms with E-state index in [0.29, 0.717) is 0 Å². The molecule has 3 nitrogen and oxygen atoms in total. The topological polar surface area (TPSA) is 37.0 Å². The summed E-state index contributed by atoms with van der Waals surface area (Å²) in [7, 11) is 0. The summed E-state index contributed by atoms with van der Waals surface area (Å²) in [6.45, 7) is 3.56. The first-order chi connectivity index (χ1) is 9.92. The average Bonchev–Trinajstić information content (AvgIpc) is 3.00. The molecule has 0 spiro atoms. The Hall–Kier alpha value is -0.800. The van der Waals surface area contributed by atoms with Crippen LogP contribution < -0.4 is 10.6 Å². The van der Waals surface area contributed by atoms with E-state index in [4.69, 9.17) is 4.98 Å². The predicted molar refractivity (Wildman–Crippen MR) is 91.4 cm³/mol. The van der Waals surface area contributed by atoms with E-state index in [9.17, 15) is 0 Å². The van der Waals surface area contributed by atoms with Crippen LogP contribution >= 0.6 is 12.4 Å². The van der Waals surface area contributed by atoms with Crippen LogP contribution in [0.2, 0.25) is 0 Å². The van der Waals surface area contributed by atoms with E-state index in [-0.39, 0.29) is 12.4 Å². The van der Waals surface area contributed by atoms with E-state index in [1.165, 1.54) is 69.3 Å². The zero-order valence-electron chi connectivity index (χ0n) is 12.9. The fourth-order valence-electron chi connectivity index (χ4n) is 3.38. The second kappa shape index (κ2) is 8.60.